The minimum Gasteiger partial charge on any atom is -0.481 e. The SMILES string of the molecule is O=C(O)CCNCC(=O)c1ccc2c(c1)CCCC2. The summed E-state index contributed by atoms with van der Waals surface area (Å²) in [4.78, 5) is 22.3. The second-order valence-corrected chi connectivity index (χ2v) is 4.93. The van der Waals surface area contributed by atoms with Crippen LogP contribution in [0.5, 0.6) is 0 Å². The Bertz CT molecular complexity index is 482. The van der Waals surface area contributed by atoms with Gasteiger partial charge in [-0.1, -0.05) is 12.1 Å². The van der Waals surface area contributed by atoms with Crippen LogP contribution in [-0.2, 0) is 17.6 Å². The number of carbonyl (C=O) groups is 2. The van der Waals surface area contributed by atoms with Crippen molar-refractivity contribution < 1.29 is 14.7 Å². The Morgan fingerprint density at radius 2 is 1.89 bits per heavy atom. The van der Waals surface area contributed by atoms with E-state index in [9.17, 15) is 9.59 Å². The topological polar surface area (TPSA) is 66.4 Å². The summed E-state index contributed by atoms with van der Waals surface area (Å²) in [5, 5.41) is 11.4. The molecule has 1 aromatic rings. The van der Waals surface area contributed by atoms with Gasteiger partial charge >= 0.3 is 5.97 Å². The van der Waals surface area contributed by atoms with Gasteiger partial charge in [0.25, 0.3) is 0 Å². The van der Waals surface area contributed by atoms with E-state index in [4.69, 9.17) is 5.11 Å². The normalized spacial score (nSPS) is 13.9. The number of ketones is 1. The number of hydrogen-bond acceptors (Lipinski definition) is 3. The molecule has 0 atom stereocenters. The molecular formula is C15H19NO3. The molecule has 0 saturated heterocycles. The fraction of sp³-hybridized carbons (Fsp3) is 0.467. The molecule has 1 aliphatic rings. The molecule has 0 heterocycles. The van der Waals surface area contributed by atoms with Crippen molar-refractivity contribution in [1.82, 2.24) is 5.32 Å². The highest BCUT2D eigenvalue weighted by Gasteiger charge is 2.12. The maximum Gasteiger partial charge on any atom is 0.304 e. The summed E-state index contributed by atoms with van der Waals surface area (Å²) >= 11 is 0. The summed E-state index contributed by atoms with van der Waals surface area (Å²) < 4.78 is 0. The van der Waals surface area contributed by atoms with Crippen molar-refractivity contribution >= 4 is 11.8 Å². The van der Waals surface area contributed by atoms with E-state index in [1.54, 1.807) is 0 Å². The Morgan fingerprint density at radius 1 is 1.16 bits per heavy atom. The molecule has 1 aliphatic carbocycles. The lowest BCUT2D eigenvalue weighted by Gasteiger charge is -2.16. The van der Waals surface area contributed by atoms with Crippen LogP contribution in [0.3, 0.4) is 0 Å². The van der Waals surface area contributed by atoms with Crippen LogP contribution >= 0.6 is 0 Å². The summed E-state index contributed by atoms with van der Waals surface area (Å²) in [7, 11) is 0. The van der Waals surface area contributed by atoms with Gasteiger partial charge < -0.3 is 10.4 Å². The highest BCUT2D eigenvalue weighted by atomic mass is 16.4. The number of hydrogen-bond donors (Lipinski definition) is 2. The van der Waals surface area contributed by atoms with Crippen LogP contribution in [0, 0.1) is 0 Å². The molecule has 0 unspecified atom stereocenters. The lowest BCUT2D eigenvalue weighted by molar-refractivity contribution is -0.136. The molecule has 4 nitrogen and oxygen atoms in total. The fourth-order valence-corrected chi connectivity index (χ4v) is 2.41. The van der Waals surface area contributed by atoms with Crippen molar-refractivity contribution in [1.29, 1.82) is 0 Å². The average molecular weight is 261 g/mol. The first kappa shape index (κ1) is 13.7. The number of fused-ring (bicyclic) bond motifs is 1. The molecule has 0 amide bonds. The van der Waals surface area contributed by atoms with Crippen molar-refractivity contribution in [2.75, 3.05) is 13.1 Å². The quantitative estimate of drug-likeness (QED) is 0.605. The lowest BCUT2D eigenvalue weighted by atomic mass is 9.90. The van der Waals surface area contributed by atoms with Crippen LogP contribution in [-0.4, -0.2) is 29.9 Å². The van der Waals surface area contributed by atoms with E-state index in [1.165, 1.54) is 24.0 Å². The Hall–Kier alpha value is -1.68. The molecule has 0 bridgehead atoms. The first-order chi connectivity index (χ1) is 9.16. The van der Waals surface area contributed by atoms with Gasteiger partial charge in [0.2, 0.25) is 0 Å². The van der Waals surface area contributed by atoms with Crippen molar-refractivity contribution in [3.8, 4) is 0 Å². The Morgan fingerprint density at radius 3 is 2.63 bits per heavy atom. The van der Waals surface area contributed by atoms with Gasteiger partial charge in [0.05, 0.1) is 13.0 Å². The zero-order chi connectivity index (χ0) is 13.7. The third-order valence-corrected chi connectivity index (χ3v) is 3.47. The number of rotatable bonds is 6. The van der Waals surface area contributed by atoms with E-state index in [2.05, 4.69) is 11.4 Å². The molecule has 0 fully saturated rings. The van der Waals surface area contributed by atoms with E-state index in [1.807, 2.05) is 12.1 Å². The van der Waals surface area contributed by atoms with Crippen LogP contribution in [0.15, 0.2) is 18.2 Å². The highest BCUT2D eigenvalue weighted by Crippen LogP contribution is 2.22. The molecule has 0 aliphatic heterocycles. The van der Waals surface area contributed by atoms with Gasteiger partial charge in [-0.25, -0.2) is 0 Å². The number of nitrogens with one attached hydrogen (secondary N) is 1. The van der Waals surface area contributed by atoms with E-state index in [0.717, 1.165) is 18.4 Å². The van der Waals surface area contributed by atoms with Gasteiger partial charge in [-0.3, -0.25) is 9.59 Å². The van der Waals surface area contributed by atoms with Crippen LogP contribution in [0.1, 0.15) is 40.7 Å². The second-order valence-electron chi connectivity index (χ2n) is 4.93. The predicted molar refractivity (Wildman–Crippen MR) is 72.5 cm³/mol. The largest absolute Gasteiger partial charge is 0.481 e. The number of carboxylic acid groups (broad SMARTS) is 1. The van der Waals surface area contributed by atoms with Gasteiger partial charge in [-0.2, -0.15) is 0 Å². The van der Waals surface area contributed by atoms with Gasteiger partial charge in [0.1, 0.15) is 0 Å². The molecule has 0 aromatic heterocycles. The predicted octanol–water partition coefficient (Wildman–Crippen LogP) is 1.81. The number of benzene rings is 1. The minimum absolute atomic E-state index is 0.0266. The van der Waals surface area contributed by atoms with Crippen LogP contribution in [0.4, 0.5) is 0 Å². The number of Topliss-reactive ketones (excluding diaryl/α,β-unsaturated/α-hetero) is 1. The summed E-state index contributed by atoms with van der Waals surface area (Å²) in [5.41, 5.74) is 3.38. The van der Waals surface area contributed by atoms with Crippen molar-refractivity contribution in [2.24, 2.45) is 0 Å². The third kappa shape index (κ3) is 3.89. The van der Waals surface area contributed by atoms with Crippen LogP contribution in [0.25, 0.3) is 0 Å². The third-order valence-electron chi connectivity index (χ3n) is 3.47. The number of carbonyl (C=O) groups excluding carboxylic acids is 1. The molecule has 0 spiro atoms. The van der Waals surface area contributed by atoms with Gasteiger partial charge in [-0.15, -0.1) is 0 Å². The average Bonchev–Trinajstić information content (AvgIpc) is 2.42. The zero-order valence-corrected chi connectivity index (χ0v) is 10.9. The number of aryl methyl sites for hydroxylation is 2. The number of carboxylic acids is 1. The number of aliphatic carboxylic acids is 1. The first-order valence-electron chi connectivity index (χ1n) is 6.74. The molecule has 2 N–H and O–H groups in total. The zero-order valence-electron chi connectivity index (χ0n) is 10.9. The Labute approximate surface area is 112 Å². The van der Waals surface area contributed by atoms with Gasteiger partial charge in [0.15, 0.2) is 5.78 Å². The first-order valence-corrected chi connectivity index (χ1v) is 6.74. The standard InChI is InChI=1S/C15H19NO3/c17-14(10-16-8-7-15(18)19)13-6-5-11-3-1-2-4-12(11)9-13/h5-6,9,16H,1-4,7-8,10H2,(H,18,19). The van der Waals surface area contributed by atoms with Gasteiger partial charge in [-0.05, 0) is 42.9 Å². The van der Waals surface area contributed by atoms with E-state index in [-0.39, 0.29) is 18.7 Å². The molecule has 0 radical (unpaired) electrons. The summed E-state index contributed by atoms with van der Waals surface area (Å²) in [6.45, 7) is 0.526. The molecule has 2 rings (SSSR count). The molecule has 19 heavy (non-hydrogen) atoms. The fourth-order valence-electron chi connectivity index (χ4n) is 2.41. The second kappa shape index (κ2) is 6.48. The Kier molecular flexibility index (Phi) is 4.68. The Balaban J connectivity index is 1.90. The summed E-state index contributed by atoms with van der Waals surface area (Å²) in [6.07, 6.45) is 4.64. The molecule has 4 heteroatoms. The highest BCUT2D eigenvalue weighted by molar-refractivity contribution is 5.97. The van der Waals surface area contributed by atoms with Crippen molar-refractivity contribution in [3.63, 3.8) is 0 Å². The maximum atomic E-state index is 12.0. The summed E-state index contributed by atoms with van der Waals surface area (Å²) in [6, 6.07) is 5.93. The maximum absolute atomic E-state index is 12.0. The van der Waals surface area contributed by atoms with Crippen LogP contribution in [0.2, 0.25) is 0 Å². The van der Waals surface area contributed by atoms with Crippen LogP contribution < -0.4 is 5.32 Å². The summed E-state index contributed by atoms with van der Waals surface area (Å²) in [5.74, 6) is -0.826. The minimum atomic E-state index is -0.853. The van der Waals surface area contributed by atoms with Crippen molar-refractivity contribution in [3.05, 3.63) is 34.9 Å². The van der Waals surface area contributed by atoms with E-state index in [0.29, 0.717) is 6.54 Å². The molecular weight excluding hydrogens is 242 g/mol. The van der Waals surface area contributed by atoms with Gasteiger partial charge in [0, 0.05) is 12.1 Å². The van der Waals surface area contributed by atoms with E-state index < -0.39 is 5.97 Å². The smallest absolute Gasteiger partial charge is 0.304 e. The van der Waals surface area contributed by atoms with Crippen molar-refractivity contribution in [2.45, 2.75) is 32.1 Å². The monoisotopic (exact) mass is 261 g/mol. The lowest BCUT2D eigenvalue weighted by Crippen LogP contribution is -2.25. The molecule has 0 saturated carbocycles. The molecule has 102 valence electrons. The molecule has 1 aromatic carbocycles. The van der Waals surface area contributed by atoms with E-state index >= 15 is 0 Å².